The van der Waals surface area contributed by atoms with Crippen molar-refractivity contribution in [2.45, 2.75) is 13.0 Å². The first-order chi connectivity index (χ1) is 8.70. The SMILES string of the molecule is Cl.NCCC(=O)NCc1cc(Cl)c2c(c1)OCCO2. The van der Waals surface area contributed by atoms with E-state index in [1.54, 1.807) is 6.07 Å². The van der Waals surface area contributed by atoms with E-state index in [1.165, 1.54) is 0 Å². The third-order valence-corrected chi connectivity index (χ3v) is 2.80. The number of fused-ring (bicyclic) bond motifs is 1. The highest BCUT2D eigenvalue weighted by atomic mass is 35.5. The van der Waals surface area contributed by atoms with Gasteiger partial charge in [-0.15, -0.1) is 12.4 Å². The Morgan fingerprint density at radius 1 is 1.37 bits per heavy atom. The molecule has 5 nitrogen and oxygen atoms in total. The second-order valence-corrected chi connectivity index (χ2v) is 4.32. The Bertz CT molecular complexity index is 455. The van der Waals surface area contributed by atoms with E-state index in [-0.39, 0.29) is 18.3 Å². The summed E-state index contributed by atoms with van der Waals surface area (Å²) in [7, 11) is 0. The topological polar surface area (TPSA) is 73.6 Å². The van der Waals surface area contributed by atoms with E-state index in [2.05, 4.69) is 5.32 Å². The van der Waals surface area contributed by atoms with Gasteiger partial charge in [0.15, 0.2) is 11.5 Å². The van der Waals surface area contributed by atoms with Crippen LogP contribution in [0.3, 0.4) is 0 Å². The predicted octanol–water partition coefficient (Wildman–Crippen LogP) is 1.50. The summed E-state index contributed by atoms with van der Waals surface area (Å²) < 4.78 is 10.9. The van der Waals surface area contributed by atoms with E-state index in [9.17, 15) is 4.79 Å². The summed E-state index contributed by atoms with van der Waals surface area (Å²) in [5, 5.41) is 3.26. The number of halogens is 2. The zero-order valence-electron chi connectivity index (χ0n) is 10.3. The number of nitrogens with one attached hydrogen (secondary N) is 1. The normalized spacial score (nSPS) is 12.5. The van der Waals surface area contributed by atoms with E-state index in [4.69, 9.17) is 26.8 Å². The molecule has 0 aliphatic carbocycles. The highest BCUT2D eigenvalue weighted by molar-refractivity contribution is 6.32. The van der Waals surface area contributed by atoms with Crippen molar-refractivity contribution in [1.82, 2.24) is 5.32 Å². The maximum atomic E-state index is 11.3. The van der Waals surface area contributed by atoms with Crippen molar-refractivity contribution in [3.63, 3.8) is 0 Å². The third-order valence-electron chi connectivity index (χ3n) is 2.52. The van der Waals surface area contributed by atoms with Gasteiger partial charge in [-0.05, 0) is 17.7 Å². The number of rotatable bonds is 4. The fraction of sp³-hybridized carbons (Fsp3) is 0.417. The lowest BCUT2D eigenvalue weighted by molar-refractivity contribution is -0.121. The fourth-order valence-electron chi connectivity index (χ4n) is 1.69. The molecule has 0 bridgehead atoms. The predicted molar refractivity (Wildman–Crippen MR) is 75.2 cm³/mol. The number of amides is 1. The second kappa shape index (κ2) is 7.43. The van der Waals surface area contributed by atoms with Gasteiger partial charge in [-0.25, -0.2) is 0 Å². The Kier molecular flexibility index (Phi) is 6.21. The van der Waals surface area contributed by atoms with Gasteiger partial charge in [-0.1, -0.05) is 11.6 Å². The number of hydrogen-bond donors (Lipinski definition) is 2. The molecule has 1 aromatic rings. The van der Waals surface area contributed by atoms with Crippen LogP contribution >= 0.6 is 24.0 Å². The van der Waals surface area contributed by atoms with Crippen molar-refractivity contribution in [2.24, 2.45) is 5.73 Å². The molecule has 0 spiro atoms. The van der Waals surface area contributed by atoms with E-state index in [0.29, 0.717) is 49.2 Å². The zero-order chi connectivity index (χ0) is 13.0. The van der Waals surface area contributed by atoms with Crippen LogP contribution in [0.2, 0.25) is 5.02 Å². The molecular weight excluding hydrogens is 291 g/mol. The minimum absolute atomic E-state index is 0. The molecule has 0 fully saturated rings. The van der Waals surface area contributed by atoms with E-state index >= 15 is 0 Å². The molecule has 0 radical (unpaired) electrons. The molecule has 1 amide bonds. The fourth-order valence-corrected chi connectivity index (χ4v) is 1.97. The number of carbonyl (C=O) groups is 1. The Labute approximate surface area is 122 Å². The first kappa shape index (κ1) is 15.9. The smallest absolute Gasteiger partial charge is 0.221 e. The summed E-state index contributed by atoms with van der Waals surface area (Å²) in [6.45, 7) is 1.74. The highest BCUT2D eigenvalue weighted by Crippen LogP contribution is 2.38. The molecule has 1 aliphatic heterocycles. The molecule has 19 heavy (non-hydrogen) atoms. The molecule has 106 valence electrons. The van der Waals surface area contributed by atoms with Crippen LogP contribution in [0.25, 0.3) is 0 Å². The molecule has 1 heterocycles. The average Bonchev–Trinajstić information content (AvgIpc) is 2.37. The van der Waals surface area contributed by atoms with Gasteiger partial charge in [0.1, 0.15) is 13.2 Å². The number of nitrogens with two attached hydrogens (primary N) is 1. The summed E-state index contributed by atoms with van der Waals surface area (Å²) >= 11 is 6.09. The van der Waals surface area contributed by atoms with Crippen LogP contribution in [0, 0.1) is 0 Å². The van der Waals surface area contributed by atoms with Gasteiger partial charge in [0.25, 0.3) is 0 Å². The monoisotopic (exact) mass is 306 g/mol. The van der Waals surface area contributed by atoms with Crippen LogP contribution < -0.4 is 20.5 Å². The average molecular weight is 307 g/mol. The maximum absolute atomic E-state index is 11.3. The summed E-state index contributed by atoms with van der Waals surface area (Å²) in [5.41, 5.74) is 6.17. The van der Waals surface area contributed by atoms with E-state index < -0.39 is 0 Å². The van der Waals surface area contributed by atoms with Crippen molar-refractivity contribution in [3.8, 4) is 11.5 Å². The van der Waals surface area contributed by atoms with Gasteiger partial charge >= 0.3 is 0 Å². The number of ether oxygens (including phenoxy) is 2. The molecule has 2 rings (SSSR count). The van der Waals surface area contributed by atoms with Crippen molar-refractivity contribution in [3.05, 3.63) is 22.7 Å². The molecule has 0 unspecified atom stereocenters. The molecule has 0 atom stereocenters. The minimum Gasteiger partial charge on any atom is -0.486 e. The molecule has 1 aliphatic rings. The molecule has 0 aromatic heterocycles. The summed E-state index contributed by atoms with van der Waals surface area (Å²) in [6.07, 6.45) is 0.318. The molecular formula is C12H16Cl2N2O3. The van der Waals surface area contributed by atoms with Crippen molar-refractivity contribution in [2.75, 3.05) is 19.8 Å². The van der Waals surface area contributed by atoms with Crippen LogP contribution in [0.5, 0.6) is 11.5 Å². The van der Waals surface area contributed by atoms with Crippen molar-refractivity contribution < 1.29 is 14.3 Å². The molecule has 0 saturated carbocycles. The summed E-state index contributed by atoms with van der Waals surface area (Å²) in [6, 6.07) is 3.58. The Balaban J connectivity index is 0.00000180. The highest BCUT2D eigenvalue weighted by Gasteiger charge is 2.16. The lowest BCUT2D eigenvalue weighted by Gasteiger charge is -2.20. The molecule has 3 N–H and O–H groups in total. The van der Waals surface area contributed by atoms with Gasteiger partial charge in [0.2, 0.25) is 5.91 Å². The van der Waals surface area contributed by atoms with Crippen LogP contribution in [0.4, 0.5) is 0 Å². The molecule has 7 heteroatoms. The van der Waals surface area contributed by atoms with Crippen LogP contribution in [0.15, 0.2) is 12.1 Å². The zero-order valence-corrected chi connectivity index (χ0v) is 11.9. The van der Waals surface area contributed by atoms with Crippen LogP contribution in [-0.2, 0) is 11.3 Å². The first-order valence-electron chi connectivity index (χ1n) is 5.75. The number of hydrogen-bond acceptors (Lipinski definition) is 4. The van der Waals surface area contributed by atoms with E-state index in [1.807, 2.05) is 6.07 Å². The summed E-state index contributed by atoms with van der Waals surface area (Å²) in [4.78, 5) is 11.3. The number of carbonyl (C=O) groups excluding carboxylic acids is 1. The summed E-state index contributed by atoms with van der Waals surface area (Å²) in [5.74, 6) is 1.11. The minimum atomic E-state index is -0.0801. The van der Waals surface area contributed by atoms with Gasteiger partial charge in [-0.2, -0.15) is 0 Å². The Hall–Kier alpha value is -1.17. The van der Waals surface area contributed by atoms with Crippen molar-refractivity contribution >= 4 is 29.9 Å². The lowest BCUT2D eigenvalue weighted by Crippen LogP contribution is -2.25. The Morgan fingerprint density at radius 2 is 2.11 bits per heavy atom. The first-order valence-corrected chi connectivity index (χ1v) is 6.13. The maximum Gasteiger partial charge on any atom is 0.221 e. The van der Waals surface area contributed by atoms with Gasteiger partial charge in [-0.3, -0.25) is 4.79 Å². The standard InChI is InChI=1S/C12H15ClN2O3.ClH/c13-9-5-8(7-15-11(16)1-2-14)6-10-12(9)18-4-3-17-10;/h5-6H,1-4,7,14H2,(H,15,16);1H. The van der Waals surface area contributed by atoms with Crippen LogP contribution in [0.1, 0.15) is 12.0 Å². The van der Waals surface area contributed by atoms with Crippen LogP contribution in [-0.4, -0.2) is 25.7 Å². The lowest BCUT2D eigenvalue weighted by atomic mass is 10.2. The Morgan fingerprint density at radius 3 is 2.84 bits per heavy atom. The van der Waals surface area contributed by atoms with Gasteiger partial charge < -0.3 is 20.5 Å². The molecule has 1 aromatic carbocycles. The largest absolute Gasteiger partial charge is 0.486 e. The molecule has 0 saturated heterocycles. The second-order valence-electron chi connectivity index (χ2n) is 3.92. The third kappa shape index (κ3) is 4.16. The van der Waals surface area contributed by atoms with Gasteiger partial charge in [0.05, 0.1) is 5.02 Å². The van der Waals surface area contributed by atoms with Crippen molar-refractivity contribution in [1.29, 1.82) is 0 Å². The quantitative estimate of drug-likeness (QED) is 0.884. The number of benzene rings is 1. The van der Waals surface area contributed by atoms with E-state index in [0.717, 1.165) is 5.56 Å². The van der Waals surface area contributed by atoms with Gasteiger partial charge in [0, 0.05) is 19.5 Å².